The molecule has 2 atom stereocenters. The van der Waals surface area contributed by atoms with Gasteiger partial charge in [-0.3, -0.25) is 0 Å². The lowest BCUT2D eigenvalue weighted by Gasteiger charge is -2.35. The first kappa shape index (κ1) is 9.16. The van der Waals surface area contributed by atoms with E-state index in [1.165, 1.54) is 16.4 Å². The zero-order valence-electron chi connectivity index (χ0n) is 8.08. The van der Waals surface area contributed by atoms with Gasteiger partial charge in [-0.05, 0) is 43.8 Å². The third-order valence-electron chi connectivity index (χ3n) is 3.51. The molecule has 2 rings (SSSR count). The number of rotatable bonds is 1. The molecule has 3 heteroatoms. The van der Waals surface area contributed by atoms with Crippen molar-refractivity contribution in [2.24, 2.45) is 0 Å². The van der Waals surface area contributed by atoms with Gasteiger partial charge in [0.1, 0.15) is 0 Å². The number of hydrogen-bond donors (Lipinski definition) is 1. The van der Waals surface area contributed by atoms with E-state index in [2.05, 4.69) is 11.3 Å². The van der Waals surface area contributed by atoms with Gasteiger partial charge in [0.2, 0.25) is 0 Å². The van der Waals surface area contributed by atoms with Crippen LogP contribution in [0.3, 0.4) is 0 Å². The Morgan fingerprint density at radius 1 is 1.46 bits per heavy atom. The third kappa shape index (κ3) is 1.22. The van der Waals surface area contributed by atoms with Crippen LogP contribution in [0.4, 0.5) is 0 Å². The average Bonchev–Trinajstić information content (AvgIpc) is 2.61. The highest BCUT2D eigenvalue weighted by Crippen LogP contribution is 2.48. The molecule has 13 heavy (non-hydrogen) atoms. The van der Waals surface area contributed by atoms with Crippen LogP contribution in [-0.2, 0) is 5.41 Å². The van der Waals surface area contributed by atoms with Gasteiger partial charge in [-0.15, -0.1) is 0 Å². The zero-order chi connectivity index (χ0) is 9.53. The molecule has 1 N–H and O–H groups in total. The van der Waals surface area contributed by atoms with E-state index < -0.39 is 5.60 Å². The van der Waals surface area contributed by atoms with E-state index in [0.717, 1.165) is 19.3 Å². The number of hydrogen-bond acceptors (Lipinski definition) is 3. The fourth-order valence-corrected chi connectivity index (χ4v) is 3.10. The lowest BCUT2D eigenvalue weighted by atomic mass is 9.76. The molecule has 1 aromatic heterocycles. The van der Waals surface area contributed by atoms with Gasteiger partial charge in [0, 0.05) is 16.5 Å². The molecule has 72 valence electrons. The Morgan fingerprint density at radius 3 is 2.69 bits per heavy atom. The lowest BCUT2D eigenvalue weighted by molar-refractivity contribution is 0.00839. The maximum absolute atomic E-state index is 10.3. The van der Waals surface area contributed by atoms with Crippen molar-refractivity contribution in [2.45, 2.75) is 44.1 Å². The molecule has 0 spiro atoms. The molecule has 1 aromatic rings. The van der Waals surface area contributed by atoms with Gasteiger partial charge in [0.25, 0.3) is 0 Å². The van der Waals surface area contributed by atoms with Crippen molar-refractivity contribution in [2.75, 3.05) is 0 Å². The average molecular weight is 197 g/mol. The van der Waals surface area contributed by atoms with Crippen molar-refractivity contribution in [1.29, 1.82) is 0 Å². The fraction of sp³-hybridized carbons (Fsp3) is 0.700. The highest BCUT2D eigenvalue weighted by atomic mass is 32.1. The summed E-state index contributed by atoms with van der Waals surface area (Å²) in [5.41, 5.74) is -0.631. The van der Waals surface area contributed by atoms with Crippen LogP contribution in [-0.4, -0.2) is 15.1 Å². The molecule has 1 fully saturated rings. The second-order valence-corrected chi connectivity index (χ2v) is 5.17. The monoisotopic (exact) mass is 197 g/mol. The van der Waals surface area contributed by atoms with Gasteiger partial charge in [0.15, 0.2) is 0 Å². The molecular weight excluding hydrogens is 182 g/mol. The van der Waals surface area contributed by atoms with Crippen molar-refractivity contribution in [1.82, 2.24) is 4.37 Å². The summed E-state index contributed by atoms with van der Waals surface area (Å²) >= 11 is 1.51. The van der Waals surface area contributed by atoms with Crippen molar-refractivity contribution in [3.63, 3.8) is 0 Å². The largest absolute Gasteiger partial charge is 0.389 e. The van der Waals surface area contributed by atoms with Crippen molar-refractivity contribution >= 4 is 11.5 Å². The van der Waals surface area contributed by atoms with E-state index in [0.29, 0.717) is 0 Å². The molecule has 0 amide bonds. The van der Waals surface area contributed by atoms with Gasteiger partial charge < -0.3 is 5.11 Å². The molecule has 1 saturated carbocycles. The molecule has 1 aliphatic rings. The molecule has 0 radical (unpaired) electrons. The Morgan fingerprint density at radius 2 is 2.23 bits per heavy atom. The molecule has 0 aromatic carbocycles. The first-order valence-corrected chi connectivity index (χ1v) is 5.47. The minimum Gasteiger partial charge on any atom is -0.389 e. The Kier molecular flexibility index (Phi) is 1.96. The van der Waals surface area contributed by atoms with Crippen LogP contribution >= 0.6 is 11.5 Å². The van der Waals surface area contributed by atoms with Gasteiger partial charge in [-0.25, -0.2) is 4.37 Å². The maximum atomic E-state index is 10.3. The topological polar surface area (TPSA) is 33.1 Å². The molecule has 1 heterocycles. The Hall–Kier alpha value is -0.410. The van der Waals surface area contributed by atoms with Crippen LogP contribution in [0, 0.1) is 0 Å². The molecule has 2 unspecified atom stereocenters. The van der Waals surface area contributed by atoms with E-state index in [1.807, 2.05) is 19.2 Å². The smallest absolute Gasteiger partial charge is 0.0721 e. The SMILES string of the molecule is CC1(O)CCCC1(C)c1ccns1. The first-order valence-electron chi connectivity index (χ1n) is 4.70. The lowest BCUT2D eigenvalue weighted by Crippen LogP contribution is -2.41. The van der Waals surface area contributed by atoms with Gasteiger partial charge in [0.05, 0.1) is 5.60 Å². The molecule has 2 nitrogen and oxygen atoms in total. The number of nitrogens with zero attached hydrogens (tertiary/aromatic N) is 1. The number of aliphatic hydroxyl groups is 1. The standard InChI is InChI=1S/C10H15NOS/c1-9(8-4-7-11-13-8)5-3-6-10(9,2)12/h4,7,12H,3,5-6H2,1-2H3. The van der Waals surface area contributed by atoms with Crippen LogP contribution in [0.15, 0.2) is 12.3 Å². The summed E-state index contributed by atoms with van der Waals surface area (Å²) in [6.45, 7) is 4.09. The van der Waals surface area contributed by atoms with Crippen molar-refractivity contribution in [3.05, 3.63) is 17.1 Å². The predicted molar refractivity (Wildman–Crippen MR) is 53.9 cm³/mol. The van der Waals surface area contributed by atoms with Crippen LogP contribution in [0.2, 0.25) is 0 Å². The first-order chi connectivity index (χ1) is 6.06. The molecule has 0 bridgehead atoms. The number of aromatic nitrogens is 1. The summed E-state index contributed by atoms with van der Waals surface area (Å²) in [5, 5.41) is 10.3. The summed E-state index contributed by atoms with van der Waals surface area (Å²) in [7, 11) is 0. The van der Waals surface area contributed by atoms with Crippen LogP contribution in [0.1, 0.15) is 38.0 Å². The van der Waals surface area contributed by atoms with E-state index in [4.69, 9.17) is 0 Å². The fourth-order valence-electron chi connectivity index (χ4n) is 2.22. The summed E-state index contributed by atoms with van der Waals surface area (Å²) in [6.07, 6.45) is 4.91. The molecule has 0 aliphatic heterocycles. The van der Waals surface area contributed by atoms with E-state index in [1.54, 1.807) is 0 Å². The van der Waals surface area contributed by atoms with Crippen LogP contribution in [0.25, 0.3) is 0 Å². The molecule has 0 saturated heterocycles. The minimum atomic E-state index is -0.556. The van der Waals surface area contributed by atoms with Crippen molar-refractivity contribution < 1.29 is 5.11 Å². The van der Waals surface area contributed by atoms with E-state index in [9.17, 15) is 5.11 Å². The second kappa shape index (κ2) is 2.79. The Balaban J connectivity index is 2.40. The highest BCUT2D eigenvalue weighted by Gasteiger charge is 2.49. The van der Waals surface area contributed by atoms with Gasteiger partial charge >= 0.3 is 0 Å². The van der Waals surface area contributed by atoms with Crippen molar-refractivity contribution in [3.8, 4) is 0 Å². The van der Waals surface area contributed by atoms with Gasteiger partial charge in [-0.1, -0.05) is 6.92 Å². The summed E-state index contributed by atoms with van der Waals surface area (Å²) in [6, 6.07) is 2.03. The second-order valence-electron chi connectivity index (χ2n) is 4.34. The maximum Gasteiger partial charge on any atom is 0.0721 e. The zero-order valence-corrected chi connectivity index (χ0v) is 8.90. The Labute approximate surface area is 82.8 Å². The van der Waals surface area contributed by atoms with Gasteiger partial charge in [-0.2, -0.15) is 0 Å². The minimum absolute atomic E-state index is 0.0752. The Bertz CT molecular complexity index is 294. The van der Waals surface area contributed by atoms with E-state index in [-0.39, 0.29) is 5.41 Å². The highest BCUT2D eigenvalue weighted by molar-refractivity contribution is 7.05. The normalized spacial score (nSPS) is 39.6. The third-order valence-corrected chi connectivity index (χ3v) is 4.52. The summed E-state index contributed by atoms with van der Waals surface area (Å²) in [4.78, 5) is 1.22. The predicted octanol–water partition coefficient (Wildman–Crippen LogP) is 2.34. The summed E-state index contributed by atoms with van der Waals surface area (Å²) in [5.74, 6) is 0. The summed E-state index contributed by atoms with van der Waals surface area (Å²) < 4.78 is 4.11. The van der Waals surface area contributed by atoms with Crippen LogP contribution < -0.4 is 0 Å². The van der Waals surface area contributed by atoms with E-state index >= 15 is 0 Å². The molecular formula is C10H15NOS. The van der Waals surface area contributed by atoms with Crippen LogP contribution in [0.5, 0.6) is 0 Å². The quantitative estimate of drug-likeness (QED) is 0.749. The molecule has 1 aliphatic carbocycles.